The van der Waals surface area contributed by atoms with E-state index in [1.54, 1.807) is 27.7 Å². The first kappa shape index (κ1) is 18.4. The maximum Gasteiger partial charge on any atom is 0.273 e. The van der Waals surface area contributed by atoms with Crippen LogP contribution in [0.3, 0.4) is 0 Å². The van der Waals surface area contributed by atoms with Crippen LogP contribution in [0.15, 0.2) is 69.8 Å². The maximum atomic E-state index is 13.1. The molecular weight excluding hydrogens is 420 g/mol. The normalized spacial score (nSPS) is 11.4. The second kappa shape index (κ2) is 7.62. The second-order valence-electron chi connectivity index (χ2n) is 6.46. The van der Waals surface area contributed by atoms with E-state index in [2.05, 4.69) is 41.0 Å². The molecule has 5 rings (SSSR count). The van der Waals surface area contributed by atoms with Crippen molar-refractivity contribution >= 4 is 56.5 Å². The zero-order valence-electron chi connectivity index (χ0n) is 15.3. The molecule has 0 bridgehead atoms. The fourth-order valence-electron chi connectivity index (χ4n) is 3.19. The number of thiophene rings is 2. The molecule has 0 spiro atoms. The molecule has 29 heavy (non-hydrogen) atoms. The fraction of sp³-hybridized carbons (Fsp3) is 0.0952. The third kappa shape index (κ3) is 3.33. The van der Waals surface area contributed by atoms with Gasteiger partial charge in [-0.3, -0.25) is 13.8 Å². The van der Waals surface area contributed by atoms with Crippen LogP contribution in [-0.2, 0) is 12.3 Å². The zero-order chi connectivity index (χ0) is 19.8. The number of benzene rings is 1. The van der Waals surface area contributed by atoms with Gasteiger partial charge in [0.2, 0.25) is 5.78 Å². The highest BCUT2D eigenvalue weighted by Gasteiger charge is 2.18. The summed E-state index contributed by atoms with van der Waals surface area (Å²) in [5, 5.41) is 13.5. The Kier molecular flexibility index (Phi) is 4.83. The smallest absolute Gasteiger partial charge is 0.270 e. The van der Waals surface area contributed by atoms with E-state index in [0.717, 1.165) is 31.6 Å². The van der Waals surface area contributed by atoms with Crippen LogP contribution in [0.1, 0.15) is 16.0 Å². The predicted molar refractivity (Wildman–Crippen MR) is 122 cm³/mol. The van der Waals surface area contributed by atoms with Gasteiger partial charge >= 0.3 is 0 Å². The number of nitrogens with zero attached hydrogens (tertiary/aromatic N) is 4. The van der Waals surface area contributed by atoms with Crippen molar-refractivity contribution in [1.82, 2.24) is 19.2 Å². The zero-order valence-corrected chi connectivity index (χ0v) is 17.8. The number of fused-ring (bicyclic) bond motifs is 3. The Morgan fingerprint density at radius 3 is 2.69 bits per heavy atom. The van der Waals surface area contributed by atoms with Gasteiger partial charge in [0.15, 0.2) is 5.16 Å². The second-order valence-corrected chi connectivity index (χ2v) is 9.35. The molecular formula is C21H16N4OS3. The van der Waals surface area contributed by atoms with Crippen molar-refractivity contribution in [2.24, 2.45) is 0 Å². The first-order chi connectivity index (χ1) is 14.2. The molecule has 0 N–H and O–H groups in total. The standard InChI is InChI=1S/C21H16N4OS3/c1-2-14-5-7-15(8-6-14)13-29-21-23-22-20-24(12-16-4-3-10-27-16)19(26)18-17(25(20)21)9-11-28-18/h2-11H,1,12-13H2. The molecule has 5 aromatic rings. The molecule has 0 saturated carbocycles. The third-order valence-corrected chi connectivity index (χ3v) is 7.41. The van der Waals surface area contributed by atoms with Gasteiger partial charge < -0.3 is 0 Å². The van der Waals surface area contributed by atoms with Gasteiger partial charge in [-0.2, -0.15) is 0 Å². The topological polar surface area (TPSA) is 52.2 Å². The van der Waals surface area contributed by atoms with E-state index in [-0.39, 0.29) is 5.56 Å². The first-order valence-corrected chi connectivity index (χ1v) is 11.7. The molecule has 0 aliphatic heterocycles. The third-order valence-electron chi connectivity index (χ3n) is 4.66. The van der Waals surface area contributed by atoms with Crippen LogP contribution < -0.4 is 5.56 Å². The molecule has 4 heterocycles. The molecule has 0 atom stereocenters. The molecule has 1 aromatic carbocycles. The van der Waals surface area contributed by atoms with E-state index in [1.807, 2.05) is 39.4 Å². The lowest BCUT2D eigenvalue weighted by Crippen LogP contribution is -2.22. The summed E-state index contributed by atoms with van der Waals surface area (Å²) in [6, 6.07) is 14.3. The molecule has 144 valence electrons. The Morgan fingerprint density at radius 1 is 1.07 bits per heavy atom. The van der Waals surface area contributed by atoms with Gasteiger partial charge in [-0.05, 0) is 34.0 Å². The number of hydrogen-bond donors (Lipinski definition) is 0. The molecule has 4 aromatic heterocycles. The SMILES string of the molecule is C=Cc1ccc(CSc2nnc3n(Cc4cccs4)c(=O)c4sccc4n23)cc1. The fourth-order valence-corrected chi connectivity index (χ4v) is 5.60. The monoisotopic (exact) mass is 436 g/mol. The average Bonchev–Trinajstić information content (AvgIpc) is 3.50. The van der Waals surface area contributed by atoms with Gasteiger partial charge in [-0.1, -0.05) is 54.7 Å². The van der Waals surface area contributed by atoms with E-state index < -0.39 is 0 Å². The van der Waals surface area contributed by atoms with Gasteiger partial charge in [0.25, 0.3) is 5.56 Å². The molecule has 0 amide bonds. The molecule has 0 saturated heterocycles. The van der Waals surface area contributed by atoms with E-state index in [9.17, 15) is 4.79 Å². The van der Waals surface area contributed by atoms with Gasteiger partial charge in [0, 0.05) is 10.6 Å². The lowest BCUT2D eigenvalue weighted by molar-refractivity contribution is 0.775. The Labute approximate surface area is 179 Å². The van der Waals surface area contributed by atoms with Gasteiger partial charge in [-0.15, -0.1) is 32.9 Å². The Balaban J connectivity index is 1.57. The summed E-state index contributed by atoms with van der Waals surface area (Å²) in [5.41, 5.74) is 3.15. The minimum atomic E-state index is -0.0140. The molecule has 0 aliphatic rings. The minimum Gasteiger partial charge on any atom is -0.270 e. The van der Waals surface area contributed by atoms with Crippen LogP contribution in [0.25, 0.3) is 22.1 Å². The summed E-state index contributed by atoms with van der Waals surface area (Å²) < 4.78 is 4.45. The van der Waals surface area contributed by atoms with Crippen LogP contribution in [0.4, 0.5) is 0 Å². The summed E-state index contributed by atoms with van der Waals surface area (Å²) in [4.78, 5) is 14.2. The van der Waals surface area contributed by atoms with Crippen molar-refractivity contribution in [2.75, 3.05) is 0 Å². The van der Waals surface area contributed by atoms with Crippen LogP contribution >= 0.6 is 34.4 Å². The first-order valence-electron chi connectivity index (χ1n) is 8.96. The summed E-state index contributed by atoms with van der Waals surface area (Å²) >= 11 is 4.71. The van der Waals surface area contributed by atoms with E-state index in [4.69, 9.17) is 0 Å². The van der Waals surface area contributed by atoms with Gasteiger partial charge in [0.1, 0.15) is 4.70 Å². The summed E-state index contributed by atoms with van der Waals surface area (Å²) in [6.45, 7) is 4.29. The highest BCUT2D eigenvalue weighted by atomic mass is 32.2. The molecule has 0 radical (unpaired) electrons. The van der Waals surface area contributed by atoms with E-state index >= 15 is 0 Å². The molecule has 0 unspecified atom stereocenters. The molecule has 0 fully saturated rings. The molecule has 5 nitrogen and oxygen atoms in total. The van der Waals surface area contributed by atoms with Crippen molar-refractivity contribution in [2.45, 2.75) is 17.5 Å². The summed E-state index contributed by atoms with van der Waals surface area (Å²) in [5.74, 6) is 1.35. The van der Waals surface area contributed by atoms with Gasteiger partial charge in [-0.25, -0.2) is 0 Å². The Hall–Kier alpha value is -2.68. The minimum absolute atomic E-state index is 0.0140. The largest absolute Gasteiger partial charge is 0.273 e. The molecule has 0 aliphatic carbocycles. The lowest BCUT2D eigenvalue weighted by atomic mass is 10.1. The van der Waals surface area contributed by atoms with E-state index in [0.29, 0.717) is 12.3 Å². The lowest BCUT2D eigenvalue weighted by Gasteiger charge is -2.08. The number of rotatable bonds is 6. The van der Waals surface area contributed by atoms with Crippen LogP contribution in [0.2, 0.25) is 0 Å². The van der Waals surface area contributed by atoms with Crippen molar-refractivity contribution in [3.8, 4) is 0 Å². The molecule has 8 heteroatoms. The Morgan fingerprint density at radius 2 is 1.93 bits per heavy atom. The quantitative estimate of drug-likeness (QED) is 0.345. The number of hydrogen-bond acceptors (Lipinski definition) is 6. The number of thioether (sulfide) groups is 1. The highest BCUT2D eigenvalue weighted by molar-refractivity contribution is 7.98. The van der Waals surface area contributed by atoms with Crippen LogP contribution in [0, 0.1) is 0 Å². The summed E-state index contributed by atoms with van der Waals surface area (Å²) in [6.07, 6.45) is 1.84. The van der Waals surface area contributed by atoms with Crippen molar-refractivity contribution < 1.29 is 0 Å². The summed E-state index contributed by atoms with van der Waals surface area (Å²) in [7, 11) is 0. The maximum absolute atomic E-state index is 13.1. The Bertz CT molecular complexity index is 1360. The predicted octanol–water partition coefficient (Wildman–Crippen LogP) is 5.15. The van der Waals surface area contributed by atoms with Crippen molar-refractivity contribution in [1.29, 1.82) is 0 Å². The number of aromatic nitrogens is 4. The van der Waals surface area contributed by atoms with E-state index in [1.165, 1.54) is 16.9 Å². The van der Waals surface area contributed by atoms with Crippen molar-refractivity contribution in [3.63, 3.8) is 0 Å². The highest BCUT2D eigenvalue weighted by Crippen LogP contribution is 2.27. The van der Waals surface area contributed by atoms with Crippen LogP contribution in [-0.4, -0.2) is 19.2 Å². The van der Waals surface area contributed by atoms with Crippen molar-refractivity contribution in [3.05, 3.63) is 86.2 Å². The van der Waals surface area contributed by atoms with Gasteiger partial charge in [0.05, 0.1) is 12.1 Å². The average molecular weight is 437 g/mol. The van der Waals surface area contributed by atoms with Crippen LogP contribution in [0.5, 0.6) is 0 Å².